The molecule has 1 N–H and O–H groups in total. The van der Waals surface area contributed by atoms with Gasteiger partial charge in [-0.3, -0.25) is 10.3 Å². The molecular weight excluding hydrogens is 162 g/mol. The standard InChI is InChI=1S/C10H11N3/c1-9(13-8-11)12-7-10-5-3-2-4-6-10/h2-6H,7H2,1H3,(H,12,13). The highest BCUT2D eigenvalue weighted by Gasteiger charge is 1.89. The second kappa shape index (κ2) is 4.94. The molecule has 0 aliphatic heterocycles. The summed E-state index contributed by atoms with van der Waals surface area (Å²) in [6.45, 7) is 2.38. The molecule has 0 unspecified atom stereocenters. The van der Waals surface area contributed by atoms with Crippen molar-refractivity contribution in [3.05, 3.63) is 35.9 Å². The number of aliphatic imine (C=N–C) groups is 1. The lowest BCUT2D eigenvalue weighted by Gasteiger charge is -1.97. The van der Waals surface area contributed by atoms with E-state index in [9.17, 15) is 0 Å². The molecule has 0 heterocycles. The van der Waals surface area contributed by atoms with Crippen molar-refractivity contribution in [2.45, 2.75) is 13.5 Å². The fraction of sp³-hybridized carbons (Fsp3) is 0.200. The van der Waals surface area contributed by atoms with Gasteiger partial charge in [0.2, 0.25) is 0 Å². The fourth-order valence-corrected chi connectivity index (χ4v) is 0.914. The maximum Gasteiger partial charge on any atom is 0.182 e. The van der Waals surface area contributed by atoms with Gasteiger partial charge in [0.1, 0.15) is 5.84 Å². The Labute approximate surface area is 77.7 Å². The minimum Gasteiger partial charge on any atom is -0.281 e. The Bertz CT molecular complexity index is 322. The van der Waals surface area contributed by atoms with Crippen LogP contribution in [0.5, 0.6) is 0 Å². The summed E-state index contributed by atoms with van der Waals surface area (Å²) in [6.07, 6.45) is 1.82. The summed E-state index contributed by atoms with van der Waals surface area (Å²) >= 11 is 0. The number of rotatable bonds is 2. The van der Waals surface area contributed by atoms with Crippen molar-refractivity contribution in [1.82, 2.24) is 5.32 Å². The van der Waals surface area contributed by atoms with E-state index in [2.05, 4.69) is 10.3 Å². The van der Waals surface area contributed by atoms with Crippen LogP contribution in [0.15, 0.2) is 35.3 Å². The number of nitrogens with zero attached hydrogens (tertiary/aromatic N) is 2. The van der Waals surface area contributed by atoms with E-state index in [1.165, 1.54) is 0 Å². The molecule has 1 rings (SSSR count). The molecule has 0 radical (unpaired) electrons. The molecule has 0 bridgehead atoms. The van der Waals surface area contributed by atoms with Crippen molar-refractivity contribution in [3.8, 4) is 6.19 Å². The normalized spacial score (nSPS) is 10.6. The molecule has 0 atom stereocenters. The van der Waals surface area contributed by atoms with Crippen molar-refractivity contribution < 1.29 is 0 Å². The molecule has 0 amide bonds. The number of hydrogen-bond donors (Lipinski definition) is 1. The lowest BCUT2D eigenvalue weighted by atomic mass is 10.2. The first-order valence-electron chi connectivity index (χ1n) is 4.03. The third-order valence-electron chi connectivity index (χ3n) is 1.58. The Morgan fingerprint density at radius 1 is 1.46 bits per heavy atom. The molecule has 0 spiro atoms. The molecule has 0 aromatic heterocycles. The second-order valence-electron chi connectivity index (χ2n) is 2.62. The zero-order valence-corrected chi connectivity index (χ0v) is 7.49. The molecular formula is C10H11N3. The van der Waals surface area contributed by atoms with Crippen molar-refractivity contribution in [1.29, 1.82) is 5.26 Å². The summed E-state index contributed by atoms with van der Waals surface area (Å²) in [7, 11) is 0. The average molecular weight is 173 g/mol. The molecule has 0 aliphatic carbocycles. The number of amidine groups is 1. The van der Waals surface area contributed by atoms with Crippen LogP contribution in [0.4, 0.5) is 0 Å². The zero-order chi connectivity index (χ0) is 9.52. The van der Waals surface area contributed by atoms with Crippen molar-refractivity contribution >= 4 is 5.84 Å². The predicted molar refractivity (Wildman–Crippen MR) is 52.0 cm³/mol. The summed E-state index contributed by atoms with van der Waals surface area (Å²) in [5.74, 6) is 0.645. The van der Waals surface area contributed by atoms with Crippen molar-refractivity contribution in [3.63, 3.8) is 0 Å². The van der Waals surface area contributed by atoms with Gasteiger partial charge in [-0.1, -0.05) is 30.3 Å². The summed E-state index contributed by atoms with van der Waals surface area (Å²) in [5.41, 5.74) is 1.14. The molecule has 1 aromatic carbocycles. The Morgan fingerprint density at radius 3 is 2.77 bits per heavy atom. The van der Waals surface area contributed by atoms with Gasteiger partial charge in [0.25, 0.3) is 0 Å². The monoisotopic (exact) mass is 173 g/mol. The second-order valence-corrected chi connectivity index (χ2v) is 2.62. The third kappa shape index (κ3) is 3.39. The first kappa shape index (κ1) is 9.27. The maximum atomic E-state index is 8.29. The molecule has 3 heteroatoms. The topological polar surface area (TPSA) is 48.2 Å². The molecule has 0 fully saturated rings. The van der Waals surface area contributed by atoms with Crippen molar-refractivity contribution in [2.24, 2.45) is 4.99 Å². The van der Waals surface area contributed by atoms with Gasteiger partial charge < -0.3 is 0 Å². The highest BCUT2D eigenvalue weighted by molar-refractivity contribution is 5.80. The van der Waals surface area contributed by atoms with E-state index in [1.54, 1.807) is 6.92 Å². The largest absolute Gasteiger partial charge is 0.281 e. The molecule has 13 heavy (non-hydrogen) atoms. The lowest BCUT2D eigenvalue weighted by molar-refractivity contribution is 1.04. The summed E-state index contributed by atoms with van der Waals surface area (Å²) < 4.78 is 0. The van der Waals surface area contributed by atoms with Gasteiger partial charge in [0, 0.05) is 0 Å². The van der Waals surface area contributed by atoms with E-state index >= 15 is 0 Å². The van der Waals surface area contributed by atoms with Crippen LogP contribution in [0.25, 0.3) is 0 Å². The van der Waals surface area contributed by atoms with E-state index in [0.29, 0.717) is 12.4 Å². The van der Waals surface area contributed by atoms with Gasteiger partial charge in [-0.05, 0) is 12.5 Å². The fourth-order valence-electron chi connectivity index (χ4n) is 0.914. The molecule has 0 saturated heterocycles. The van der Waals surface area contributed by atoms with E-state index in [0.717, 1.165) is 5.56 Å². The van der Waals surface area contributed by atoms with Gasteiger partial charge in [-0.25, -0.2) is 0 Å². The van der Waals surface area contributed by atoms with Crippen LogP contribution in [0.1, 0.15) is 12.5 Å². The Balaban J connectivity index is 2.53. The van der Waals surface area contributed by atoms with Crippen LogP contribution < -0.4 is 5.32 Å². The quantitative estimate of drug-likeness (QED) is 0.320. The predicted octanol–water partition coefficient (Wildman–Crippen LogP) is 1.68. The van der Waals surface area contributed by atoms with Crippen LogP contribution in [-0.2, 0) is 6.54 Å². The highest BCUT2D eigenvalue weighted by atomic mass is 15.0. The van der Waals surface area contributed by atoms with Gasteiger partial charge in [-0.2, -0.15) is 5.26 Å². The van der Waals surface area contributed by atoms with Crippen LogP contribution in [-0.4, -0.2) is 5.84 Å². The van der Waals surface area contributed by atoms with Gasteiger partial charge in [0.05, 0.1) is 6.54 Å². The van der Waals surface area contributed by atoms with Crippen LogP contribution in [0, 0.1) is 11.5 Å². The number of benzene rings is 1. The Hall–Kier alpha value is -1.82. The minimum absolute atomic E-state index is 0.612. The van der Waals surface area contributed by atoms with Crippen LogP contribution in [0.2, 0.25) is 0 Å². The smallest absolute Gasteiger partial charge is 0.182 e. The van der Waals surface area contributed by atoms with Crippen molar-refractivity contribution in [2.75, 3.05) is 0 Å². The first-order valence-corrected chi connectivity index (χ1v) is 4.03. The lowest BCUT2D eigenvalue weighted by Crippen LogP contribution is -2.13. The van der Waals surface area contributed by atoms with E-state index in [-0.39, 0.29) is 0 Å². The molecule has 0 saturated carbocycles. The molecule has 3 nitrogen and oxygen atoms in total. The Kier molecular flexibility index (Phi) is 3.52. The van der Waals surface area contributed by atoms with E-state index in [1.807, 2.05) is 36.5 Å². The first-order chi connectivity index (χ1) is 6.33. The highest BCUT2D eigenvalue weighted by Crippen LogP contribution is 1.99. The maximum absolute atomic E-state index is 8.29. The van der Waals surface area contributed by atoms with Gasteiger partial charge >= 0.3 is 0 Å². The minimum atomic E-state index is 0.612. The van der Waals surface area contributed by atoms with Crippen LogP contribution >= 0.6 is 0 Å². The third-order valence-corrected chi connectivity index (χ3v) is 1.58. The summed E-state index contributed by atoms with van der Waals surface area (Å²) in [6, 6.07) is 9.91. The molecule has 0 aliphatic rings. The molecule has 1 aromatic rings. The zero-order valence-electron chi connectivity index (χ0n) is 7.49. The summed E-state index contributed by atoms with van der Waals surface area (Å²) in [4.78, 5) is 4.17. The molecule has 66 valence electrons. The average Bonchev–Trinajstić information content (AvgIpc) is 2.17. The number of hydrogen-bond acceptors (Lipinski definition) is 2. The van der Waals surface area contributed by atoms with Gasteiger partial charge in [0.15, 0.2) is 6.19 Å². The van der Waals surface area contributed by atoms with Gasteiger partial charge in [-0.15, -0.1) is 0 Å². The number of nitriles is 1. The van der Waals surface area contributed by atoms with Crippen LogP contribution in [0.3, 0.4) is 0 Å². The van der Waals surface area contributed by atoms with E-state index in [4.69, 9.17) is 5.26 Å². The Morgan fingerprint density at radius 2 is 2.15 bits per heavy atom. The summed E-state index contributed by atoms with van der Waals surface area (Å²) in [5, 5.41) is 10.8. The number of nitrogens with one attached hydrogen (secondary N) is 1. The van der Waals surface area contributed by atoms with E-state index < -0.39 is 0 Å². The SMILES string of the molecule is CC(=NCc1ccccc1)NC#N.